The zero-order valence-corrected chi connectivity index (χ0v) is 12.0. The van der Waals surface area contributed by atoms with Crippen LogP contribution in [0.25, 0.3) is 0 Å². The first kappa shape index (κ1) is 13.7. The monoisotopic (exact) mass is 256 g/mol. The van der Waals surface area contributed by atoms with Gasteiger partial charge in [0.15, 0.2) is 0 Å². The minimum absolute atomic E-state index is 0.831. The maximum Gasteiger partial charge on any atom is 0.0792 e. The second kappa shape index (κ2) is 6.42. The van der Waals surface area contributed by atoms with E-state index >= 15 is 0 Å². The van der Waals surface area contributed by atoms with Crippen molar-refractivity contribution in [2.75, 3.05) is 38.1 Å². The molecule has 0 aromatic heterocycles. The van der Waals surface area contributed by atoms with E-state index in [4.69, 9.17) is 24.4 Å². The molecule has 0 spiro atoms. The van der Waals surface area contributed by atoms with Crippen molar-refractivity contribution >= 4 is 30.1 Å². The molecule has 0 bridgehead atoms. The first-order valence-electron chi connectivity index (χ1n) is 5.84. The summed E-state index contributed by atoms with van der Waals surface area (Å²) in [5, 5.41) is 0. The van der Waals surface area contributed by atoms with Crippen LogP contribution < -0.4 is 4.90 Å². The number of rotatable bonds is 7. The lowest BCUT2D eigenvalue weighted by atomic mass is 10.2. The van der Waals surface area contributed by atoms with Gasteiger partial charge in [0.05, 0.1) is 14.7 Å². The highest BCUT2D eigenvalue weighted by atomic mass is 32.1. The first-order valence-corrected chi connectivity index (χ1v) is 6.65. The van der Waals surface area contributed by atoms with Crippen LogP contribution in [0.15, 0.2) is 6.07 Å². The van der Waals surface area contributed by atoms with E-state index in [0.717, 1.165) is 34.3 Å². The van der Waals surface area contributed by atoms with Crippen LogP contribution in [-0.2, 0) is 0 Å². The number of hydrogen-bond donors (Lipinski definition) is 0. The third-order valence-corrected chi connectivity index (χ3v) is 3.75. The number of nitrogens with zero attached hydrogens (tertiary/aromatic N) is 2. The third-order valence-electron chi connectivity index (χ3n) is 2.87. The Morgan fingerprint density at radius 3 is 2.25 bits per heavy atom. The first-order chi connectivity index (χ1) is 7.60. The Balaban J connectivity index is 2.41. The molecule has 0 heterocycles. The maximum absolute atomic E-state index is 5.20. The van der Waals surface area contributed by atoms with Crippen LogP contribution in [0.1, 0.15) is 20.3 Å². The summed E-state index contributed by atoms with van der Waals surface area (Å²) in [6, 6.07) is 1.99. The smallest absolute Gasteiger partial charge is 0.0792 e. The van der Waals surface area contributed by atoms with Gasteiger partial charge in [0.2, 0.25) is 0 Å². The van der Waals surface area contributed by atoms with Crippen molar-refractivity contribution in [3.8, 4) is 0 Å². The van der Waals surface area contributed by atoms with Crippen molar-refractivity contribution in [3.63, 3.8) is 0 Å². The Morgan fingerprint density at radius 1 is 1.12 bits per heavy atom. The second-order valence-electron chi connectivity index (χ2n) is 4.08. The summed E-state index contributed by atoms with van der Waals surface area (Å²) in [5.74, 6) is 0. The second-order valence-corrected chi connectivity index (χ2v) is 4.93. The molecule has 4 heteroatoms. The number of anilines is 1. The van der Waals surface area contributed by atoms with E-state index in [0.29, 0.717) is 0 Å². The zero-order valence-electron chi connectivity index (χ0n) is 10.3. The fraction of sp³-hybridized carbons (Fsp3) is 0.667. The largest absolute Gasteiger partial charge is 0.372 e. The van der Waals surface area contributed by atoms with E-state index in [1.165, 1.54) is 13.0 Å². The normalized spacial score (nSPS) is 11.2. The third kappa shape index (κ3) is 3.34. The van der Waals surface area contributed by atoms with Crippen LogP contribution in [0.2, 0.25) is 0 Å². The van der Waals surface area contributed by atoms with Crippen molar-refractivity contribution in [2.45, 2.75) is 20.3 Å². The molecular weight excluding hydrogens is 236 g/mol. The molecule has 0 N–H and O–H groups in total. The minimum atomic E-state index is 0.831. The molecule has 0 atom stereocenters. The summed E-state index contributed by atoms with van der Waals surface area (Å²) < 4.78 is 1.69. The van der Waals surface area contributed by atoms with Gasteiger partial charge < -0.3 is 9.80 Å². The van der Waals surface area contributed by atoms with Crippen molar-refractivity contribution in [1.29, 1.82) is 0 Å². The summed E-state index contributed by atoms with van der Waals surface area (Å²) >= 11 is 10.2. The Bertz CT molecular complexity index is 393. The van der Waals surface area contributed by atoms with Crippen LogP contribution in [0, 0.1) is 9.02 Å². The van der Waals surface area contributed by atoms with Gasteiger partial charge in [-0.2, -0.15) is 0 Å². The summed E-state index contributed by atoms with van der Waals surface area (Å²) in [5.41, 5.74) is 1.13. The summed E-state index contributed by atoms with van der Waals surface area (Å²) in [6.45, 7) is 8.82. The molecule has 16 heavy (non-hydrogen) atoms. The van der Waals surface area contributed by atoms with E-state index in [1.807, 2.05) is 6.07 Å². The van der Waals surface area contributed by atoms with Gasteiger partial charge in [-0.1, -0.05) is 38.3 Å². The molecule has 0 aliphatic rings. The molecular formula is C12H20N2S2. The highest BCUT2D eigenvalue weighted by molar-refractivity contribution is 7.74. The summed E-state index contributed by atoms with van der Waals surface area (Å²) in [4.78, 5) is 4.66. The van der Waals surface area contributed by atoms with Crippen LogP contribution in [0.3, 0.4) is 0 Å². The van der Waals surface area contributed by atoms with Crippen molar-refractivity contribution in [1.82, 2.24) is 4.90 Å². The molecule has 0 unspecified atom stereocenters. The Labute approximate surface area is 109 Å². The molecule has 1 aromatic carbocycles. The topological polar surface area (TPSA) is 6.48 Å². The number of likely N-dealkylation sites (N-methyl/N-ethyl adjacent to an activating group) is 2. The Morgan fingerprint density at radius 2 is 1.81 bits per heavy atom. The molecule has 0 saturated carbocycles. The van der Waals surface area contributed by atoms with Gasteiger partial charge in [-0.05, 0) is 25.6 Å². The summed E-state index contributed by atoms with van der Waals surface area (Å²) in [7, 11) is 2.08. The van der Waals surface area contributed by atoms with Gasteiger partial charge in [0.25, 0.3) is 0 Å². The molecule has 1 rings (SSSR count). The average molecular weight is 256 g/mol. The quantitative estimate of drug-likeness (QED) is 0.691. The van der Waals surface area contributed by atoms with Crippen LogP contribution in [0.5, 0.6) is 0 Å². The standard InChI is InChI=1S/C12H20N2S2/c1-4-6-14(5-2)8-7-13(3)10-9-11(15)12(10)16/h9H,4-8H2,1-3H3. The summed E-state index contributed by atoms with van der Waals surface area (Å²) in [6.07, 6.45) is 1.21. The molecule has 0 saturated heterocycles. The molecule has 90 valence electrons. The highest BCUT2D eigenvalue weighted by Crippen LogP contribution is 2.21. The maximum atomic E-state index is 5.20. The van der Waals surface area contributed by atoms with Gasteiger partial charge in [-0.15, -0.1) is 0 Å². The Hall–Kier alpha value is -0.320. The van der Waals surface area contributed by atoms with E-state index < -0.39 is 0 Å². The van der Waals surface area contributed by atoms with Gasteiger partial charge in [0, 0.05) is 20.1 Å². The Kier molecular flexibility index (Phi) is 5.52. The van der Waals surface area contributed by atoms with Gasteiger partial charge in [-0.25, -0.2) is 0 Å². The fourth-order valence-electron chi connectivity index (χ4n) is 1.74. The molecule has 1 aromatic rings. The van der Waals surface area contributed by atoms with Gasteiger partial charge >= 0.3 is 0 Å². The van der Waals surface area contributed by atoms with Crippen molar-refractivity contribution in [3.05, 3.63) is 15.1 Å². The van der Waals surface area contributed by atoms with Gasteiger partial charge in [0.1, 0.15) is 0 Å². The van der Waals surface area contributed by atoms with Crippen LogP contribution >= 0.6 is 24.4 Å². The lowest BCUT2D eigenvalue weighted by molar-refractivity contribution is 0.295. The van der Waals surface area contributed by atoms with Crippen LogP contribution in [0.4, 0.5) is 5.69 Å². The predicted octanol–water partition coefficient (Wildman–Crippen LogP) is 3.19. The van der Waals surface area contributed by atoms with E-state index in [2.05, 4.69) is 30.7 Å². The fourth-order valence-corrected chi connectivity index (χ4v) is 2.23. The molecule has 0 radical (unpaired) electrons. The average Bonchev–Trinajstić information content (AvgIpc) is 2.30. The predicted molar refractivity (Wildman–Crippen MR) is 76.2 cm³/mol. The van der Waals surface area contributed by atoms with E-state index in [1.54, 1.807) is 0 Å². The SMILES string of the molecule is CCCN(CC)CCN(C)c1cc(=S)c1=S. The lowest BCUT2D eigenvalue weighted by Gasteiger charge is -2.26. The number of hydrogen-bond acceptors (Lipinski definition) is 4. The van der Waals surface area contributed by atoms with Crippen molar-refractivity contribution < 1.29 is 0 Å². The van der Waals surface area contributed by atoms with E-state index in [9.17, 15) is 0 Å². The molecule has 2 nitrogen and oxygen atoms in total. The molecule has 0 amide bonds. The molecule has 0 aliphatic carbocycles. The zero-order chi connectivity index (χ0) is 12.1. The minimum Gasteiger partial charge on any atom is -0.372 e. The molecule has 0 fully saturated rings. The lowest BCUT2D eigenvalue weighted by Crippen LogP contribution is -2.34. The van der Waals surface area contributed by atoms with Crippen molar-refractivity contribution in [2.24, 2.45) is 0 Å². The van der Waals surface area contributed by atoms with E-state index in [-0.39, 0.29) is 0 Å². The highest BCUT2D eigenvalue weighted by Gasteiger charge is 2.09. The van der Waals surface area contributed by atoms with Gasteiger partial charge in [-0.3, -0.25) is 0 Å². The molecule has 0 aliphatic heterocycles. The van der Waals surface area contributed by atoms with Crippen LogP contribution in [-0.4, -0.2) is 38.1 Å².